The molecule has 0 unspecified atom stereocenters. The molecule has 0 aliphatic carbocycles. The molecule has 0 spiro atoms. The predicted octanol–water partition coefficient (Wildman–Crippen LogP) is 3.24. The first-order valence-corrected chi connectivity index (χ1v) is 10.5. The van der Waals surface area contributed by atoms with Crippen molar-refractivity contribution in [2.75, 3.05) is 39.0 Å². The van der Waals surface area contributed by atoms with Crippen molar-refractivity contribution < 1.29 is 23.1 Å². The van der Waals surface area contributed by atoms with Crippen LogP contribution in [0, 0.1) is 0 Å². The highest BCUT2D eigenvalue weighted by atomic mass is 31.2. The minimum atomic E-state index is -3.18. The van der Waals surface area contributed by atoms with Gasteiger partial charge in [0.25, 0.3) is 0 Å². The van der Waals surface area contributed by atoms with E-state index in [1.807, 2.05) is 20.8 Å². The molecule has 1 fully saturated rings. The number of hydrogen-bond acceptors (Lipinski definition) is 6. The minimum Gasteiger partial charge on any atom is -0.444 e. The van der Waals surface area contributed by atoms with Crippen molar-refractivity contribution in [3.05, 3.63) is 0 Å². The van der Waals surface area contributed by atoms with Crippen LogP contribution in [0.2, 0.25) is 0 Å². The highest BCUT2D eigenvalue weighted by Crippen LogP contribution is 2.47. The topological polar surface area (TPSA) is 77.1 Å². The first-order chi connectivity index (χ1) is 11.2. The Morgan fingerprint density at radius 1 is 1.17 bits per heavy atom. The summed E-state index contributed by atoms with van der Waals surface area (Å²) in [6, 6.07) is 0.0813. The molecule has 0 aromatic carbocycles. The fraction of sp³-hybridized carbons (Fsp3) is 0.938. The molecule has 0 saturated carbocycles. The van der Waals surface area contributed by atoms with Gasteiger partial charge < -0.3 is 24.0 Å². The highest BCUT2D eigenvalue weighted by Gasteiger charge is 2.32. The van der Waals surface area contributed by atoms with Gasteiger partial charge in [-0.2, -0.15) is 0 Å². The molecule has 0 radical (unpaired) electrons. The van der Waals surface area contributed by atoms with Gasteiger partial charge in [-0.25, -0.2) is 4.79 Å². The Labute approximate surface area is 145 Å². The summed E-state index contributed by atoms with van der Waals surface area (Å²) in [4.78, 5) is 14.3. The third-order valence-corrected chi connectivity index (χ3v) is 5.69. The minimum absolute atomic E-state index is 0.0813. The highest BCUT2D eigenvalue weighted by molar-refractivity contribution is 7.53. The molecule has 8 heteroatoms. The molecule has 1 N–H and O–H groups in total. The van der Waals surface area contributed by atoms with Crippen molar-refractivity contribution in [1.29, 1.82) is 0 Å². The summed E-state index contributed by atoms with van der Waals surface area (Å²) < 4.78 is 28.9. The van der Waals surface area contributed by atoms with Crippen LogP contribution in [0.3, 0.4) is 0 Å². The summed E-state index contributed by atoms with van der Waals surface area (Å²) in [5.74, 6) is 0. The Morgan fingerprint density at radius 2 is 1.71 bits per heavy atom. The number of nitrogens with zero attached hydrogens (tertiary/aromatic N) is 1. The van der Waals surface area contributed by atoms with Gasteiger partial charge in [0.15, 0.2) is 0 Å². The van der Waals surface area contributed by atoms with Crippen LogP contribution in [-0.4, -0.2) is 61.6 Å². The van der Waals surface area contributed by atoms with Gasteiger partial charge in [-0.05, 0) is 60.5 Å². The van der Waals surface area contributed by atoms with Crippen LogP contribution >= 0.6 is 7.60 Å². The lowest BCUT2D eigenvalue weighted by molar-refractivity contribution is 0.0142. The second kappa shape index (κ2) is 9.76. The molecule has 142 valence electrons. The lowest BCUT2D eigenvalue weighted by atomic mass is 10.1. The zero-order valence-corrected chi connectivity index (χ0v) is 16.6. The number of ether oxygens (including phenoxy) is 1. The molecule has 0 atom stereocenters. The maximum absolute atomic E-state index is 12.7. The van der Waals surface area contributed by atoms with Crippen molar-refractivity contribution in [3.8, 4) is 0 Å². The van der Waals surface area contributed by atoms with Crippen LogP contribution < -0.4 is 5.32 Å². The molecular weight excluding hydrogens is 331 g/mol. The standard InChI is InChI=1S/C16H33N2O5P/c1-6-21-24(20,22-7-2)13-12-18(14-8-10-17-11-9-14)15(19)23-16(3,4)5/h14,17H,6-13H2,1-5H3. The Hall–Kier alpha value is -0.620. The third-order valence-electron chi connectivity index (χ3n) is 3.64. The van der Waals surface area contributed by atoms with Gasteiger partial charge in [0.2, 0.25) is 0 Å². The van der Waals surface area contributed by atoms with Crippen LogP contribution in [0.1, 0.15) is 47.5 Å². The Bertz CT molecular complexity index is 423. The number of amides is 1. The summed E-state index contributed by atoms with van der Waals surface area (Å²) >= 11 is 0. The predicted molar refractivity (Wildman–Crippen MR) is 94.6 cm³/mol. The van der Waals surface area contributed by atoms with Gasteiger partial charge in [-0.1, -0.05) is 0 Å². The van der Waals surface area contributed by atoms with Crippen LogP contribution in [0.4, 0.5) is 4.79 Å². The maximum atomic E-state index is 12.7. The van der Waals surface area contributed by atoms with E-state index in [1.165, 1.54) is 0 Å². The van der Waals surface area contributed by atoms with E-state index >= 15 is 0 Å². The Morgan fingerprint density at radius 3 is 2.17 bits per heavy atom. The number of rotatable bonds is 8. The lowest BCUT2D eigenvalue weighted by Crippen LogP contribution is -2.49. The van der Waals surface area contributed by atoms with Gasteiger partial charge in [0.1, 0.15) is 5.60 Å². The molecule has 1 rings (SSSR count). The molecular formula is C16H33N2O5P. The van der Waals surface area contributed by atoms with E-state index in [9.17, 15) is 9.36 Å². The molecule has 1 aliphatic heterocycles. The van der Waals surface area contributed by atoms with Crippen molar-refractivity contribution in [2.45, 2.75) is 59.1 Å². The number of piperidine rings is 1. The molecule has 24 heavy (non-hydrogen) atoms. The van der Waals surface area contributed by atoms with E-state index in [2.05, 4.69) is 5.32 Å². The third kappa shape index (κ3) is 7.51. The summed E-state index contributed by atoms with van der Waals surface area (Å²) in [6.07, 6.45) is 1.52. The van der Waals surface area contributed by atoms with Crippen LogP contribution in [0.5, 0.6) is 0 Å². The molecule has 0 aromatic rings. The monoisotopic (exact) mass is 364 g/mol. The smallest absolute Gasteiger partial charge is 0.410 e. The fourth-order valence-corrected chi connectivity index (χ4v) is 4.23. The van der Waals surface area contributed by atoms with E-state index in [0.29, 0.717) is 19.8 Å². The van der Waals surface area contributed by atoms with Gasteiger partial charge in [-0.3, -0.25) is 4.57 Å². The first-order valence-electron chi connectivity index (χ1n) is 8.79. The molecule has 7 nitrogen and oxygen atoms in total. The number of nitrogens with one attached hydrogen (secondary N) is 1. The second-order valence-electron chi connectivity index (χ2n) is 6.82. The molecule has 1 aliphatic rings. The fourth-order valence-electron chi connectivity index (χ4n) is 2.65. The number of carbonyl (C=O) groups is 1. The van der Waals surface area contributed by atoms with E-state index in [1.54, 1.807) is 18.7 Å². The lowest BCUT2D eigenvalue weighted by Gasteiger charge is -2.36. The largest absolute Gasteiger partial charge is 0.444 e. The summed E-state index contributed by atoms with van der Waals surface area (Å²) in [7, 11) is -3.18. The molecule has 0 aromatic heterocycles. The number of hydrogen-bond donors (Lipinski definition) is 1. The maximum Gasteiger partial charge on any atom is 0.410 e. The molecule has 1 heterocycles. The molecule has 0 bridgehead atoms. The van der Waals surface area contributed by atoms with Gasteiger partial charge in [0, 0.05) is 12.6 Å². The summed E-state index contributed by atoms with van der Waals surface area (Å²) in [5, 5.41) is 3.29. The quantitative estimate of drug-likeness (QED) is 0.666. The number of carbonyl (C=O) groups excluding carboxylic acids is 1. The normalized spacial score (nSPS) is 16.9. The zero-order chi connectivity index (χ0) is 18.2. The second-order valence-corrected chi connectivity index (χ2v) is 9.01. The van der Waals surface area contributed by atoms with E-state index in [0.717, 1.165) is 25.9 Å². The molecule has 1 amide bonds. The van der Waals surface area contributed by atoms with Crippen molar-refractivity contribution in [3.63, 3.8) is 0 Å². The van der Waals surface area contributed by atoms with Gasteiger partial charge >= 0.3 is 13.7 Å². The Balaban J connectivity index is 2.80. The van der Waals surface area contributed by atoms with Crippen molar-refractivity contribution in [1.82, 2.24) is 10.2 Å². The summed E-state index contributed by atoms with van der Waals surface area (Å²) in [6.45, 7) is 11.8. The average Bonchev–Trinajstić information content (AvgIpc) is 2.47. The average molecular weight is 364 g/mol. The van der Waals surface area contributed by atoms with Crippen molar-refractivity contribution >= 4 is 13.7 Å². The van der Waals surface area contributed by atoms with E-state index in [4.69, 9.17) is 13.8 Å². The SMILES string of the molecule is CCOP(=O)(CCN(C(=O)OC(C)(C)C)C1CCNCC1)OCC. The zero-order valence-electron chi connectivity index (χ0n) is 15.7. The van der Waals surface area contributed by atoms with Crippen LogP contribution in [-0.2, 0) is 18.3 Å². The Kier molecular flexibility index (Phi) is 8.71. The van der Waals surface area contributed by atoms with Gasteiger partial charge in [0.05, 0.1) is 19.4 Å². The summed E-state index contributed by atoms with van der Waals surface area (Å²) in [5.41, 5.74) is -0.564. The van der Waals surface area contributed by atoms with Crippen LogP contribution in [0.25, 0.3) is 0 Å². The van der Waals surface area contributed by atoms with Crippen molar-refractivity contribution in [2.24, 2.45) is 0 Å². The molecule has 1 saturated heterocycles. The van der Waals surface area contributed by atoms with E-state index in [-0.39, 0.29) is 18.3 Å². The van der Waals surface area contributed by atoms with E-state index < -0.39 is 13.2 Å². The van der Waals surface area contributed by atoms with Crippen LogP contribution in [0.15, 0.2) is 0 Å². The van der Waals surface area contributed by atoms with Gasteiger partial charge in [-0.15, -0.1) is 0 Å². The first kappa shape index (κ1) is 21.4.